The molecule has 0 spiro atoms. The topological polar surface area (TPSA) is 53.2 Å². The zero-order valence-electron chi connectivity index (χ0n) is 12.8. The summed E-state index contributed by atoms with van der Waals surface area (Å²) in [4.78, 5) is 27.7. The van der Waals surface area contributed by atoms with Gasteiger partial charge in [-0.25, -0.2) is 8.78 Å². The van der Waals surface area contributed by atoms with Gasteiger partial charge in [0.2, 0.25) is 5.56 Å². The molecule has 21 heavy (non-hydrogen) atoms. The lowest BCUT2D eigenvalue weighted by Crippen LogP contribution is -2.40. The Labute approximate surface area is 123 Å². The van der Waals surface area contributed by atoms with E-state index >= 15 is 0 Å². The van der Waals surface area contributed by atoms with Crippen molar-refractivity contribution in [1.29, 1.82) is 0 Å². The highest BCUT2D eigenvalue weighted by atomic mass is 19.3. The predicted octanol–water partition coefficient (Wildman–Crippen LogP) is 2.69. The van der Waals surface area contributed by atoms with Crippen LogP contribution < -0.4 is 5.56 Å². The van der Waals surface area contributed by atoms with Crippen molar-refractivity contribution in [2.45, 2.75) is 46.6 Å². The number of hydrogen-bond acceptors (Lipinski definition) is 2. The second-order valence-corrected chi connectivity index (χ2v) is 5.80. The van der Waals surface area contributed by atoms with Crippen LogP contribution in [0, 0.1) is 5.92 Å². The Hall–Kier alpha value is -1.72. The number of carbonyl (C=O) groups excluding carboxylic acids is 1. The Morgan fingerprint density at radius 2 is 1.86 bits per heavy atom. The van der Waals surface area contributed by atoms with Crippen LogP contribution in [0.2, 0.25) is 0 Å². The molecule has 0 saturated carbocycles. The zero-order chi connectivity index (χ0) is 16.2. The van der Waals surface area contributed by atoms with Gasteiger partial charge in [0.1, 0.15) is 0 Å². The van der Waals surface area contributed by atoms with E-state index in [9.17, 15) is 18.4 Å². The molecule has 0 bridgehead atoms. The van der Waals surface area contributed by atoms with E-state index in [0.29, 0.717) is 18.0 Å². The Bertz CT molecular complexity index is 539. The lowest BCUT2D eigenvalue weighted by atomic mass is 10.1. The van der Waals surface area contributed by atoms with Crippen LogP contribution in [0.15, 0.2) is 16.9 Å². The lowest BCUT2D eigenvalue weighted by molar-refractivity contribution is 0.0476. The van der Waals surface area contributed by atoms with E-state index in [4.69, 9.17) is 0 Å². The summed E-state index contributed by atoms with van der Waals surface area (Å²) < 4.78 is 25.2. The van der Waals surface area contributed by atoms with Gasteiger partial charge in [0.05, 0.1) is 6.54 Å². The van der Waals surface area contributed by atoms with Crippen molar-refractivity contribution in [2.75, 3.05) is 6.54 Å². The van der Waals surface area contributed by atoms with Gasteiger partial charge >= 0.3 is 0 Å². The van der Waals surface area contributed by atoms with Crippen molar-refractivity contribution < 1.29 is 13.6 Å². The molecule has 118 valence electrons. The summed E-state index contributed by atoms with van der Waals surface area (Å²) in [5, 5.41) is 0. The summed E-state index contributed by atoms with van der Waals surface area (Å²) in [5.41, 5.74) is 0.405. The van der Waals surface area contributed by atoms with Crippen LogP contribution in [-0.2, 0) is 6.42 Å². The van der Waals surface area contributed by atoms with Crippen LogP contribution in [0.5, 0.6) is 0 Å². The van der Waals surface area contributed by atoms with Crippen molar-refractivity contribution in [3.63, 3.8) is 0 Å². The van der Waals surface area contributed by atoms with Crippen LogP contribution in [0.4, 0.5) is 8.78 Å². The Balaban J connectivity index is 3.09. The summed E-state index contributed by atoms with van der Waals surface area (Å²) >= 11 is 0. The van der Waals surface area contributed by atoms with Crippen molar-refractivity contribution in [3.05, 3.63) is 33.7 Å². The van der Waals surface area contributed by atoms with Crippen LogP contribution >= 0.6 is 0 Å². The molecule has 1 aromatic heterocycles. The van der Waals surface area contributed by atoms with E-state index in [1.807, 2.05) is 13.8 Å². The maximum atomic E-state index is 12.6. The van der Waals surface area contributed by atoms with Crippen LogP contribution in [0.25, 0.3) is 0 Å². The largest absolute Gasteiger partial charge is 0.330 e. The number of aromatic amines is 1. The number of nitrogens with zero attached hydrogens (tertiary/aromatic N) is 1. The molecule has 1 heterocycles. The minimum atomic E-state index is -2.60. The van der Waals surface area contributed by atoms with E-state index in [1.165, 1.54) is 0 Å². The molecule has 4 nitrogen and oxygen atoms in total. The number of amides is 1. The molecule has 0 radical (unpaired) electrons. The summed E-state index contributed by atoms with van der Waals surface area (Å²) in [6.45, 7) is 6.68. The van der Waals surface area contributed by atoms with Gasteiger partial charge in [0.25, 0.3) is 12.3 Å². The molecule has 0 saturated heterocycles. The first-order valence-electron chi connectivity index (χ1n) is 7.03. The number of hydrogen-bond donors (Lipinski definition) is 1. The number of H-pyrrole nitrogens is 1. The minimum Gasteiger partial charge on any atom is -0.330 e. The fourth-order valence-corrected chi connectivity index (χ4v) is 2.12. The summed E-state index contributed by atoms with van der Waals surface area (Å²) in [6, 6.07) is 2.37. The quantitative estimate of drug-likeness (QED) is 0.878. The van der Waals surface area contributed by atoms with Gasteiger partial charge in [0, 0.05) is 23.4 Å². The predicted molar refractivity (Wildman–Crippen MR) is 77.8 cm³/mol. The highest BCUT2D eigenvalue weighted by Crippen LogP contribution is 2.12. The molecule has 0 unspecified atom stereocenters. The third-order valence-electron chi connectivity index (χ3n) is 2.99. The molecular formula is C15H22F2N2O2. The van der Waals surface area contributed by atoms with Crippen LogP contribution in [0.1, 0.15) is 43.7 Å². The van der Waals surface area contributed by atoms with E-state index < -0.39 is 24.4 Å². The molecule has 1 amide bonds. The van der Waals surface area contributed by atoms with Gasteiger partial charge in [-0.05, 0) is 32.3 Å². The fourth-order valence-electron chi connectivity index (χ4n) is 2.12. The molecular weight excluding hydrogens is 278 g/mol. The van der Waals surface area contributed by atoms with E-state index in [2.05, 4.69) is 4.98 Å². The second kappa shape index (κ2) is 7.33. The summed E-state index contributed by atoms with van der Waals surface area (Å²) in [7, 11) is 0. The number of alkyl halides is 2. The molecule has 0 aromatic carbocycles. The Morgan fingerprint density at radius 1 is 1.24 bits per heavy atom. The average molecular weight is 300 g/mol. The molecule has 6 heteroatoms. The Morgan fingerprint density at radius 3 is 2.33 bits per heavy atom. The SMILES string of the molecule is CC(C)Cc1cc(C(=O)N(CC(F)F)C(C)C)cc(=O)[nH]1. The molecule has 0 atom stereocenters. The number of nitrogens with one attached hydrogen (secondary N) is 1. The average Bonchev–Trinajstić information content (AvgIpc) is 2.33. The van der Waals surface area contributed by atoms with Gasteiger partial charge in [-0.1, -0.05) is 13.8 Å². The van der Waals surface area contributed by atoms with Crippen molar-refractivity contribution >= 4 is 5.91 Å². The zero-order valence-corrected chi connectivity index (χ0v) is 12.8. The van der Waals surface area contributed by atoms with E-state index in [1.54, 1.807) is 19.9 Å². The second-order valence-electron chi connectivity index (χ2n) is 5.80. The summed E-state index contributed by atoms with van der Waals surface area (Å²) in [5.74, 6) is -0.227. The number of carbonyl (C=O) groups is 1. The van der Waals surface area contributed by atoms with Crippen molar-refractivity contribution in [3.8, 4) is 0 Å². The van der Waals surface area contributed by atoms with Crippen molar-refractivity contribution in [1.82, 2.24) is 9.88 Å². The van der Waals surface area contributed by atoms with Gasteiger partial charge in [0.15, 0.2) is 0 Å². The first-order chi connectivity index (χ1) is 9.70. The number of halogens is 2. The highest BCUT2D eigenvalue weighted by molar-refractivity contribution is 5.94. The standard InChI is InChI=1S/C15H22F2N2O2/c1-9(2)5-12-6-11(7-14(20)18-12)15(21)19(10(3)4)8-13(16)17/h6-7,9-10,13H,5,8H2,1-4H3,(H,18,20). The fraction of sp³-hybridized carbons (Fsp3) is 0.600. The molecule has 1 N–H and O–H groups in total. The van der Waals surface area contributed by atoms with Gasteiger partial charge in [-0.15, -0.1) is 0 Å². The molecule has 0 fully saturated rings. The lowest BCUT2D eigenvalue weighted by Gasteiger charge is -2.26. The summed E-state index contributed by atoms with van der Waals surface area (Å²) in [6.07, 6.45) is -1.99. The third-order valence-corrected chi connectivity index (χ3v) is 2.99. The normalized spacial score (nSPS) is 11.5. The highest BCUT2D eigenvalue weighted by Gasteiger charge is 2.23. The molecule has 1 rings (SSSR count). The number of pyridine rings is 1. The van der Waals surface area contributed by atoms with Crippen LogP contribution in [-0.4, -0.2) is 34.8 Å². The van der Waals surface area contributed by atoms with Gasteiger partial charge < -0.3 is 9.88 Å². The van der Waals surface area contributed by atoms with Gasteiger partial charge in [-0.3, -0.25) is 9.59 Å². The Kier molecular flexibility index (Phi) is 6.05. The molecule has 1 aromatic rings. The first-order valence-corrected chi connectivity index (χ1v) is 7.03. The maximum Gasteiger partial charge on any atom is 0.255 e. The molecule has 0 aliphatic heterocycles. The van der Waals surface area contributed by atoms with Gasteiger partial charge in [-0.2, -0.15) is 0 Å². The molecule has 0 aliphatic carbocycles. The van der Waals surface area contributed by atoms with E-state index in [0.717, 1.165) is 11.0 Å². The smallest absolute Gasteiger partial charge is 0.255 e. The maximum absolute atomic E-state index is 12.6. The first kappa shape index (κ1) is 17.3. The number of rotatable bonds is 6. The van der Waals surface area contributed by atoms with Crippen molar-refractivity contribution in [2.24, 2.45) is 5.92 Å². The minimum absolute atomic E-state index is 0.156. The third kappa shape index (κ3) is 5.28. The molecule has 0 aliphatic rings. The van der Waals surface area contributed by atoms with Crippen LogP contribution in [0.3, 0.4) is 0 Å². The monoisotopic (exact) mass is 300 g/mol. The van der Waals surface area contributed by atoms with E-state index in [-0.39, 0.29) is 11.6 Å². The number of aromatic nitrogens is 1.